The quantitative estimate of drug-likeness (QED) is 0.929. The lowest BCUT2D eigenvalue weighted by Crippen LogP contribution is -2.43. The van der Waals surface area contributed by atoms with Crippen molar-refractivity contribution in [3.05, 3.63) is 35.3 Å². The molecule has 0 radical (unpaired) electrons. The molecule has 3 rings (SSSR count). The van der Waals surface area contributed by atoms with E-state index >= 15 is 0 Å². The van der Waals surface area contributed by atoms with Crippen molar-refractivity contribution in [3.8, 4) is 0 Å². The zero-order valence-electron chi connectivity index (χ0n) is 12.7. The largest absolute Gasteiger partial charge is 0.314 e. The summed E-state index contributed by atoms with van der Waals surface area (Å²) in [5.74, 6) is 0.465. The monoisotopic (exact) mass is 272 g/mol. The molecule has 20 heavy (non-hydrogen) atoms. The first-order valence-corrected chi connectivity index (χ1v) is 7.56. The average Bonchev–Trinajstić information content (AvgIpc) is 2.80. The summed E-state index contributed by atoms with van der Waals surface area (Å²) < 4.78 is 2.33. The fourth-order valence-electron chi connectivity index (χ4n) is 3.04. The number of pyridine rings is 1. The highest BCUT2D eigenvalue weighted by Crippen LogP contribution is 2.23. The lowest BCUT2D eigenvalue weighted by Gasteiger charge is -2.27. The van der Waals surface area contributed by atoms with Crippen LogP contribution in [0, 0.1) is 6.92 Å². The topological polar surface area (TPSA) is 32.6 Å². The normalized spacial score (nSPS) is 17.2. The van der Waals surface area contributed by atoms with Gasteiger partial charge < -0.3 is 5.32 Å². The van der Waals surface area contributed by atoms with Crippen molar-refractivity contribution < 1.29 is 0 Å². The summed E-state index contributed by atoms with van der Waals surface area (Å²) in [5.41, 5.74) is 4.97. The van der Waals surface area contributed by atoms with Crippen LogP contribution in [-0.2, 0) is 6.54 Å². The van der Waals surface area contributed by atoms with Gasteiger partial charge in [-0.25, -0.2) is 4.98 Å². The molecular weight excluding hydrogens is 248 g/mol. The molecule has 0 unspecified atom stereocenters. The number of hydrogen-bond donors (Lipinski definition) is 1. The first-order chi connectivity index (χ1) is 9.66. The van der Waals surface area contributed by atoms with E-state index in [1.165, 1.54) is 17.1 Å². The van der Waals surface area contributed by atoms with Crippen LogP contribution in [0.3, 0.4) is 0 Å². The highest BCUT2D eigenvalue weighted by atomic mass is 15.2. The van der Waals surface area contributed by atoms with Crippen molar-refractivity contribution >= 4 is 5.65 Å². The van der Waals surface area contributed by atoms with Crippen molar-refractivity contribution in [2.75, 3.05) is 26.2 Å². The molecule has 4 nitrogen and oxygen atoms in total. The van der Waals surface area contributed by atoms with Crippen LogP contribution in [0.15, 0.2) is 18.2 Å². The summed E-state index contributed by atoms with van der Waals surface area (Å²) >= 11 is 0. The van der Waals surface area contributed by atoms with E-state index in [-0.39, 0.29) is 0 Å². The van der Waals surface area contributed by atoms with Crippen LogP contribution in [0.2, 0.25) is 0 Å². The van der Waals surface area contributed by atoms with Gasteiger partial charge in [0.2, 0.25) is 0 Å². The first-order valence-electron chi connectivity index (χ1n) is 7.56. The molecule has 0 amide bonds. The molecule has 0 atom stereocenters. The van der Waals surface area contributed by atoms with Crippen LogP contribution >= 0.6 is 0 Å². The van der Waals surface area contributed by atoms with Crippen molar-refractivity contribution in [2.45, 2.75) is 33.2 Å². The third-order valence-electron chi connectivity index (χ3n) is 4.09. The fraction of sp³-hybridized carbons (Fsp3) is 0.562. The number of fused-ring (bicyclic) bond motifs is 1. The number of hydrogen-bond acceptors (Lipinski definition) is 3. The van der Waals surface area contributed by atoms with Crippen LogP contribution in [0.4, 0.5) is 0 Å². The molecule has 0 aliphatic carbocycles. The van der Waals surface area contributed by atoms with Crippen molar-refractivity contribution in [3.63, 3.8) is 0 Å². The number of rotatable bonds is 3. The number of imidazole rings is 1. The van der Waals surface area contributed by atoms with Crippen molar-refractivity contribution in [2.24, 2.45) is 0 Å². The molecule has 4 heteroatoms. The summed E-state index contributed by atoms with van der Waals surface area (Å²) in [6.07, 6.45) is 0. The van der Waals surface area contributed by atoms with E-state index in [0.717, 1.165) is 38.4 Å². The second-order valence-corrected chi connectivity index (χ2v) is 5.99. The molecular formula is C16H24N4. The van der Waals surface area contributed by atoms with Gasteiger partial charge in [0, 0.05) is 38.4 Å². The SMILES string of the molecule is Cc1cccc2nc(C(C)C)c(CN3CCNCC3)n12. The summed E-state index contributed by atoms with van der Waals surface area (Å²) in [6.45, 7) is 12.1. The third-order valence-corrected chi connectivity index (χ3v) is 4.09. The zero-order chi connectivity index (χ0) is 14.1. The summed E-state index contributed by atoms with van der Waals surface area (Å²) in [4.78, 5) is 7.39. The van der Waals surface area contributed by atoms with Gasteiger partial charge in [-0.1, -0.05) is 19.9 Å². The Hall–Kier alpha value is -1.39. The number of nitrogens with one attached hydrogen (secondary N) is 1. The summed E-state index contributed by atoms with van der Waals surface area (Å²) in [5, 5.41) is 3.42. The Bertz CT molecular complexity index is 594. The number of piperazine rings is 1. The maximum absolute atomic E-state index is 4.86. The van der Waals surface area contributed by atoms with E-state index in [9.17, 15) is 0 Å². The highest BCUT2D eigenvalue weighted by molar-refractivity contribution is 5.46. The average molecular weight is 272 g/mol. The molecule has 2 aromatic rings. The van der Waals surface area contributed by atoms with Gasteiger partial charge in [0.1, 0.15) is 5.65 Å². The van der Waals surface area contributed by atoms with Crippen LogP contribution in [0.1, 0.15) is 36.8 Å². The van der Waals surface area contributed by atoms with E-state index in [4.69, 9.17) is 4.98 Å². The Kier molecular flexibility index (Phi) is 3.76. The standard InChI is InChI=1S/C16H24N4/c1-12(2)16-14(11-19-9-7-17-8-10-19)20-13(3)5-4-6-15(20)18-16/h4-6,12,17H,7-11H2,1-3H3. The van der Waals surface area contributed by atoms with Crippen LogP contribution in [-0.4, -0.2) is 40.5 Å². The van der Waals surface area contributed by atoms with Gasteiger partial charge in [0.15, 0.2) is 0 Å². The fourth-order valence-corrected chi connectivity index (χ4v) is 3.04. The predicted octanol–water partition coefficient (Wildman–Crippen LogP) is 2.17. The molecule has 3 heterocycles. The molecule has 2 aromatic heterocycles. The van der Waals surface area contributed by atoms with Crippen molar-refractivity contribution in [1.29, 1.82) is 0 Å². The molecule has 1 saturated heterocycles. The Balaban J connectivity index is 2.03. The number of aromatic nitrogens is 2. The Morgan fingerprint density at radius 1 is 1.25 bits per heavy atom. The second-order valence-electron chi connectivity index (χ2n) is 5.99. The first kappa shape index (κ1) is 13.6. The second kappa shape index (κ2) is 5.54. The van der Waals surface area contributed by atoms with Gasteiger partial charge in [0.25, 0.3) is 0 Å². The minimum atomic E-state index is 0.465. The molecule has 1 aliphatic rings. The minimum absolute atomic E-state index is 0.465. The molecule has 0 aromatic carbocycles. The smallest absolute Gasteiger partial charge is 0.137 e. The maximum atomic E-state index is 4.86. The van der Waals surface area contributed by atoms with Crippen molar-refractivity contribution in [1.82, 2.24) is 19.6 Å². The molecule has 1 N–H and O–H groups in total. The summed E-state index contributed by atoms with van der Waals surface area (Å²) in [7, 11) is 0. The van der Waals surface area contributed by atoms with Crippen LogP contribution in [0.25, 0.3) is 5.65 Å². The lowest BCUT2D eigenvalue weighted by atomic mass is 10.1. The Morgan fingerprint density at radius 2 is 2.00 bits per heavy atom. The minimum Gasteiger partial charge on any atom is -0.314 e. The van der Waals surface area contributed by atoms with E-state index < -0.39 is 0 Å². The van der Waals surface area contributed by atoms with Crippen LogP contribution in [0.5, 0.6) is 0 Å². The molecule has 0 bridgehead atoms. The van der Waals surface area contributed by atoms with Gasteiger partial charge in [0.05, 0.1) is 11.4 Å². The molecule has 1 aliphatic heterocycles. The van der Waals surface area contributed by atoms with Gasteiger partial charge in [-0.3, -0.25) is 9.30 Å². The van der Waals surface area contributed by atoms with Crippen LogP contribution < -0.4 is 5.32 Å². The number of aryl methyl sites for hydroxylation is 1. The highest BCUT2D eigenvalue weighted by Gasteiger charge is 2.19. The summed E-state index contributed by atoms with van der Waals surface area (Å²) in [6, 6.07) is 6.37. The van der Waals surface area contributed by atoms with Gasteiger partial charge >= 0.3 is 0 Å². The maximum Gasteiger partial charge on any atom is 0.137 e. The predicted molar refractivity (Wildman–Crippen MR) is 82.2 cm³/mol. The molecule has 1 fully saturated rings. The third kappa shape index (κ3) is 2.45. The molecule has 0 spiro atoms. The van der Waals surface area contributed by atoms with Gasteiger partial charge in [-0.15, -0.1) is 0 Å². The molecule has 108 valence electrons. The van der Waals surface area contributed by atoms with E-state index in [1.54, 1.807) is 0 Å². The van der Waals surface area contributed by atoms with E-state index in [0.29, 0.717) is 5.92 Å². The van der Waals surface area contributed by atoms with Gasteiger partial charge in [-0.2, -0.15) is 0 Å². The number of nitrogens with zero attached hydrogens (tertiary/aromatic N) is 3. The van der Waals surface area contributed by atoms with Gasteiger partial charge in [-0.05, 0) is 25.0 Å². The lowest BCUT2D eigenvalue weighted by molar-refractivity contribution is 0.229. The Morgan fingerprint density at radius 3 is 2.70 bits per heavy atom. The van der Waals surface area contributed by atoms with E-state index in [1.807, 2.05) is 0 Å². The molecule has 0 saturated carbocycles. The van der Waals surface area contributed by atoms with E-state index in [2.05, 4.69) is 53.6 Å². The Labute approximate surface area is 120 Å². The zero-order valence-corrected chi connectivity index (χ0v) is 12.7.